The van der Waals surface area contributed by atoms with Gasteiger partial charge in [-0.1, -0.05) is 60.7 Å². The first-order valence-electron chi connectivity index (χ1n) is 9.20. The number of nitrogens with one attached hydrogen (secondary N) is 1. The van der Waals surface area contributed by atoms with E-state index in [0.29, 0.717) is 15.7 Å². The van der Waals surface area contributed by atoms with Crippen molar-refractivity contribution in [3.8, 4) is 0 Å². The predicted molar refractivity (Wildman–Crippen MR) is 112 cm³/mol. The number of nitrogens with zero attached hydrogens (tertiary/aromatic N) is 1. The molecular formula is C20H22Cl2N2O3S. The van der Waals surface area contributed by atoms with Crippen molar-refractivity contribution in [3.05, 3.63) is 58.6 Å². The number of rotatable bonds is 6. The first kappa shape index (κ1) is 21.1. The van der Waals surface area contributed by atoms with Crippen molar-refractivity contribution in [2.24, 2.45) is 0 Å². The second-order valence-corrected chi connectivity index (χ2v) is 9.54. The van der Waals surface area contributed by atoms with Crippen LogP contribution in [0.25, 0.3) is 0 Å². The molecule has 1 saturated carbocycles. The number of sulfonamides is 1. The Kier molecular flexibility index (Phi) is 6.99. The van der Waals surface area contributed by atoms with E-state index < -0.39 is 15.9 Å². The number of carbonyl (C=O) groups is 1. The number of hydrogen-bond donors (Lipinski definition) is 1. The van der Waals surface area contributed by atoms with E-state index in [2.05, 4.69) is 5.32 Å². The van der Waals surface area contributed by atoms with Crippen molar-refractivity contribution in [2.45, 2.75) is 43.0 Å². The number of halogens is 2. The minimum atomic E-state index is -3.78. The molecule has 1 aliphatic carbocycles. The molecule has 28 heavy (non-hydrogen) atoms. The van der Waals surface area contributed by atoms with E-state index in [9.17, 15) is 13.2 Å². The minimum Gasteiger partial charge on any atom is -0.325 e. The van der Waals surface area contributed by atoms with Gasteiger partial charge in [-0.05, 0) is 43.2 Å². The molecule has 8 heteroatoms. The molecule has 2 aromatic carbocycles. The normalized spacial score (nSPS) is 15.5. The molecule has 1 aliphatic rings. The molecule has 0 radical (unpaired) electrons. The molecule has 0 bridgehead atoms. The van der Waals surface area contributed by atoms with Crippen molar-refractivity contribution >= 4 is 44.8 Å². The molecule has 0 aliphatic heterocycles. The molecule has 1 amide bonds. The van der Waals surface area contributed by atoms with Crippen molar-refractivity contribution < 1.29 is 13.2 Å². The second-order valence-electron chi connectivity index (χ2n) is 6.83. The van der Waals surface area contributed by atoms with Gasteiger partial charge in [0.05, 0.1) is 21.5 Å². The Labute approximate surface area is 175 Å². The van der Waals surface area contributed by atoms with Gasteiger partial charge in [0.2, 0.25) is 15.9 Å². The Morgan fingerprint density at radius 1 is 1.00 bits per heavy atom. The molecule has 1 fully saturated rings. The smallest absolute Gasteiger partial charge is 0.243 e. The van der Waals surface area contributed by atoms with E-state index in [1.165, 1.54) is 4.31 Å². The summed E-state index contributed by atoms with van der Waals surface area (Å²) >= 11 is 11.9. The third kappa shape index (κ3) is 5.06. The summed E-state index contributed by atoms with van der Waals surface area (Å²) in [5.74, 6) is -0.413. The summed E-state index contributed by atoms with van der Waals surface area (Å²) in [6.07, 6.45) is 4.52. The lowest BCUT2D eigenvalue weighted by Crippen LogP contribution is -2.45. The van der Waals surface area contributed by atoms with Gasteiger partial charge in [-0.2, -0.15) is 4.31 Å². The van der Waals surface area contributed by atoms with Gasteiger partial charge in [-0.15, -0.1) is 0 Å². The van der Waals surface area contributed by atoms with Crippen LogP contribution in [0.5, 0.6) is 0 Å². The van der Waals surface area contributed by atoms with Gasteiger partial charge in [0, 0.05) is 11.7 Å². The molecule has 5 nitrogen and oxygen atoms in total. The van der Waals surface area contributed by atoms with Crippen molar-refractivity contribution in [2.75, 3.05) is 11.9 Å². The fraction of sp³-hybridized carbons (Fsp3) is 0.350. The third-order valence-corrected chi connectivity index (χ3v) is 7.49. The Morgan fingerprint density at radius 3 is 2.32 bits per heavy atom. The van der Waals surface area contributed by atoms with Gasteiger partial charge < -0.3 is 5.32 Å². The quantitative estimate of drug-likeness (QED) is 0.690. The van der Waals surface area contributed by atoms with Crippen LogP contribution >= 0.6 is 23.2 Å². The van der Waals surface area contributed by atoms with Crippen LogP contribution in [0.15, 0.2) is 53.4 Å². The topological polar surface area (TPSA) is 66.5 Å². The summed E-state index contributed by atoms with van der Waals surface area (Å²) < 4.78 is 27.8. The monoisotopic (exact) mass is 440 g/mol. The zero-order valence-corrected chi connectivity index (χ0v) is 17.6. The van der Waals surface area contributed by atoms with Gasteiger partial charge in [0.25, 0.3) is 0 Å². The summed E-state index contributed by atoms with van der Waals surface area (Å²) in [4.78, 5) is 12.8. The van der Waals surface area contributed by atoms with Crippen molar-refractivity contribution in [1.82, 2.24) is 4.31 Å². The first-order chi connectivity index (χ1) is 13.4. The van der Waals surface area contributed by atoms with Crippen LogP contribution in [-0.4, -0.2) is 31.2 Å². The average molecular weight is 441 g/mol. The maximum atomic E-state index is 13.2. The highest BCUT2D eigenvalue weighted by atomic mass is 35.5. The van der Waals surface area contributed by atoms with Gasteiger partial charge >= 0.3 is 0 Å². The summed E-state index contributed by atoms with van der Waals surface area (Å²) in [5, 5.41) is 3.42. The van der Waals surface area contributed by atoms with Crippen LogP contribution in [0.4, 0.5) is 5.69 Å². The van der Waals surface area contributed by atoms with Crippen LogP contribution in [0.2, 0.25) is 10.0 Å². The van der Waals surface area contributed by atoms with Crippen LogP contribution in [0, 0.1) is 0 Å². The largest absolute Gasteiger partial charge is 0.325 e. The fourth-order valence-electron chi connectivity index (χ4n) is 3.42. The lowest BCUT2D eigenvalue weighted by molar-refractivity contribution is -0.116. The van der Waals surface area contributed by atoms with Crippen LogP contribution < -0.4 is 5.32 Å². The van der Waals surface area contributed by atoms with Crippen LogP contribution in [0.3, 0.4) is 0 Å². The fourth-order valence-corrected chi connectivity index (χ4v) is 5.38. The SMILES string of the molecule is O=C(CN(C1CCCCC1)S(=O)(=O)c1ccccc1)Nc1ccc(Cl)c(Cl)c1. The summed E-state index contributed by atoms with van der Waals surface area (Å²) in [6.45, 7) is -0.248. The predicted octanol–water partition coefficient (Wildman–Crippen LogP) is 4.96. The van der Waals surface area contributed by atoms with Gasteiger partial charge in [0.1, 0.15) is 0 Å². The number of amides is 1. The van der Waals surface area contributed by atoms with Crippen LogP contribution in [-0.2, 0) is 14.8 Å². The maximum absolute atomic E-state index is 13.2. The number of anilines is 1. The molecule has 1 N–H and O–H groups in total. The Hall–Kier alpha value is -1.60. The molecule has 150 valence electrons. The van der Waals surface area contributed by atoms with E-state index in [1.807, 2.05) is 0 Å². The highest BCUT2D eigenvalue weighted by Crippen LogP contribution is 2.28. The van der Waals surface area contributed by atoms with Gasteiger partial charge in [-0.25, -0.2) is 8.42 Å². The van der Waals surface area contributed by atoms with E-state index in [4.69, 9.17) is 23.2 Å². The van der Waals surface area contributed by atoms with E-state index in [0.717, 1.165) is 32.1 Å². The highest BCUT2D eigenvalue weighted by Gasteiger charge is 2.33. The highest BCUT2D eigenvalue weighted by molar-refractivity contribution is 7.89. The molecule has 0 heterocycles. The lowest BCUT2D eigenvalue weighted by Gasteiger charge is -2.33. The average Bonchev–Trinajstić information content (AvgIpc) is 2.70. The Morgan fingerprint density at radius 2 is 1.68 bits per heavy atom. The number of carbonyl (C=O) groups excluding carboxylic acids is 1. The van der Waals surface area contributed by atoms with Gasteiger partial charge in [-0.3, -0.25) is 4.79 Å². The molecule has 0 aromatic heterocycles. The van der Waals surface area contributed by atoms with E-state index in [-0.39, 0.29) is 17.5 Å². The second kappa shape index (κ2) is 9.27. The molecule has 0 atom stereocenters. The Bertz CT molecular complexity index is 930. The molecular weight excluding hydrogens is 419 g/mol. The van der Waals surface area contributed by atoms with E-state index in [1.54, 1.807) is 48.5 Å². The lowest BCUT2D eigenvalue weighted by atomic mass is 9.95. The third-order valence-electron chi connectivity index (χ3n) is 4.83. The van der Waals surface area contributed by atoms with Crippen molar-refractivity contribution in [1.29, 1.82) is 0 Å². The molecule has 2 aromatic rings. The van der Waals surface area contributed by atoms with E-state index >= 15 is 0 Å². The van der Waals surface area contributed by atoms with Crippen LogP contribution in [0.1, 0.15) is 32.1 Å². The summed E-state index contributed by atoms with van der Waals surface area (Å²) in [7, 11) is -3.78. The molecule has 0 spiro atoms. The Balaban J connectivity index is 1.82. The zero-order chi connectivity index (χ0) is 20.1. The summed E-state index contributed by atoms with van der Waals surface area (Å²) in [5.41, 5.74) is 0.472. The molecule has 0 saturated heterocycles. The number of hydrogen-bond acceptors (Lipinski definition) is 3. The number of benzene rings is 2. The first-order valence-corrected chi connectivity index (χ1v) is 11.4. The van der Waals surface area contributed by atoms with Crippen molar-refractivity contribution in [3.63, 3.8) is 0 Å². The standard InChI is InChI=1S/C20H22Cl2N2O3S/c21-18-12-11-15(13-19(18)22)23-20(25)14-24(16-7-3-1-4-8-16)28(26,27)17-9-5-2-6-10-17/h2,5-6,9-13,16H,1,3-4,7-8,14H2,(H,23,25). The molecule has 0 unspecified atom stereocenters. The van der Waals surface area contributed by atoms with Gasteiger partial charge in [0.15, 0.2) is 0 Å². The summed E-state index contributed by atoms with van der Waals surface area (Å²) in [6, 6.07) is 12.8. The zero-order valence-electron chi connectivity index (χ0n) is 15.3. The maximum Gasteiger partial charge on any atom is 0.243 e. The minimum absolute atomic E-state index is 0.182. The molecule has 3 rings (SSSR count).